The fourth-order valence-corrected chi connectivity index (χ4v) is 3.98. The molecule has 0 bridgehead atoms. The highest BCUT2D eigenvalue weighted by molar-refractivity contribution is 6.15. The number of ketones is 1. The zero-order valence-corrected chi connectivity index (χ0v) is 21.3. The van der Waals surface area contributed by atoms with Gasteiger partial charge in [-0.2, -0.15) is 0 Å². The van der Waals surface area contributed by atoms with Crippen molar-refractivity contribution in [1.82, 2.24) is 4.90 Å². The second-order valence-corrected chi connectivity index (χ2v) is 9.79. The smallest absolute Gasteiger partial charge is 0.411 e. The Morgan fingerprint density at radius 1 is 1.06 bits per heavy atom. The van der Waals surface area contributed by atoms with Crippen LogP contribution in [0.4, 0.5) is 21.0 Å². The van der Waals surface area contributed by atoms with Crippen LogP contribution in [0.3, 0.4) is 0 Å². The molecule has 0 saturated carbocycles. The molecule has 9 heteroatoms. The molecule has 0 spiro atoms. The highest BCUT2D eigenvalue weighted by atomic mass is 16.6. The first kappa shape index (κ1) is 26.8. The first-order valence-corrected chi connectivity index (χ1v) is 12.1. The average molecular weight is 498 g/mol. The minimum absolute atomic E-state index is 0.217. The first-order valence-electron chi connectivity index (χ1n) is 12.1. The van der Waals surface area contributed by atoms with E-state index in [1.165, 1.54) is 0 Å². The van der Waals surface area contributed by atoms with Crippen LogP contribution in [0.5, 0.6) is 5.75 Å². The van der Waals surface area contributed by atoms with E-state index in [0.717, 1.165) is 12.8 Å². The van der Waals surface area contributed by atoms with Crippen molar-refractivity contribution in [2.75, 3.05) is 37.9 Å². The number of likely N-dealkylation sites (tertiary alicyclic amines) is 1. The van der Waals surface area contributed by atoms with Crippen LogP contribution in [0.2, 0.25) is 0 Å². The molecule has 3 rings (SSSR count). The number of nitrogens with one attached hydrogen (secondary N) is 1. The summed E-state index contributed by atoms with van der Waals surface area (Å²) < 4.78 is 15.9. The molecule has 1 saturated heterocycles. The lowest BCUT2D eigenvalue weighted by molar-refractivity contribution is 0.0175. The molecule has 1 aliphatic rings. The number of hydrogen-bond donors (Lipinski definition) is 2. The molecular weight excluding hydrogens is 462 g/mol. The minimum atomic E-state index is -0.678. The maximum Gasteiger partial charge on any atom is 0.411 e. The van der Waals surface area contributed by atoms with Crippen LogP contribution in [-0.2, 0) is 9.47 Å². The fraction of sp³-hybridized carbons (Fsp3) is 0.444. The standard InChI is InChI=1S/C27H35N3O6/c1-27(2,3)36-26(33)30-15-12-18(13-16-30)14-17-35-25(32)29-23-21(6-5-7-22(23)28)24(31)19-8-10-20(34-4)11-9-19/h5-11,18H,12-17,28H2,1-4H3,(H,29,32). The number of hydrogen-bond acceptors (Lipinski definition) is 7. The summed E-state index contributed by atoms with van der Waals surface area (Å²) in [5.41, 5.74) is 6.74. The van der Waals surface area contributed by atoms with Gasteiger partial charge in [0.1, 0.15) is 11.4 Å². The first-order chi connectivity index (χ1) is 17.1. The van der Waals surface area contributed by atoms with Crippen LogP contribution in [-0.4, -0.2) is 55.3 Å². The number of carbonyl (C=O) groups is 3. The van der Waals surface area contributed by atoms with E-state index in [4.69, 9.17) is 19.9 Å². The van der Waals surface area contributed by atoms with Crippen molar-refractivity contribution in [3.63, 3.8) is 0 Å². The lowest BCUT2D eigenvalue weighted by Gasteiger charge is -2.33. The Balaban J connectivity index is 1.51. The fourth-order valence-electron chi connectivity index (χ4n) is 3.98. The van der Waals surface area contributed by atoms with Gasteiger partial charge in [-0.25, -0.2) is 9.59 Å². The van der Waals surface area contributed by atoms with Crippen LogP contribution in [0, 0.1) is 5.92 Å². The van der Waals surface area contributed by atoms with E-state index in [1.54, 1.807) is 54.5 Å². The number of para-hydroxylation sites is 1. The summed E-state index contributed by atoms with van der Waals surface area (Å²) in [5, 5.41) is 2.63. The Labute approximate surface area is 211 Å². The molecule has 0 radical (unpaired) electrons. The molecule has 3 N–H and O–H groups in total. The third kappa shape index (κ3) is 7.37. The van der Waals surface area contributed by atoms with Gasteiger partial charge in [-0.3, -0.25) is 10.1 Å². The van der Waals surface area contributed by atoms with Gasteiger partial charge in [0.25, 0.3) is 0 Å². The van der Waals surface area contributed by atoms with Crippen molar-refractivity contribution < 1.29 is 28.6 Å². The van der Waals surface area contributed by atoms with Crippen molar-refractivity contribution >= 4 is 29.3 Å². The molecular formula is C27H35N3O6. The van der Waals surface area contributed by atoms with E-state index < -0.39 is 11.7 Å². The Morgan fingerprint density at radius 2 is 1.72 bits per heavy atom. The zero-order valence-electron chi connectivity index (χ0n) is 21.3. The number of anilines is 2. The lowest BCUT2D eigenvalue weighted by atomic mass is 9.94. The van der Waals surface area contributed by atoms with Crippen LogP contribution in [0.1, 0.15) is 56.0 Å². The van der Waals surface area contributed by atoms with Gasteiger partial charge in [-0.1, -0.05) is 6.07 Å². The second kappa shape index (κ2) is 11.8. The molecule has 0 aromatic heterocycles. The normalized spacial score (nSPS) is 14.2. The number of nitrogen functional groups attached to an aromatic ring is 1. The van der Waals surface area contributed by atoms with E-state index in [9.17, 15) is 14.4 Å². The predicted molar refractivity (Wildman–Crippen MR) is 137 cm³/mol. The van der Waals surface area contributed by atoms with E-state index >= 15 is 0 Å². The van der Waals surface area contributed by atoms with Crippen molar-refractivity contribution in [3.8, 4) is 5.75 Å². The van der Waals surface area contributed by atoms with Crippen LogP contribution in [0.15, 0.2) is 42.5 Å². The number of carbonyl (C=O) groups excluding carboxylic acids is 3. The van der Waals surface area contributed by atoms with Crippen molar-refractivity contribution in [3.05, 3.63) is 53.6 Å². The van der Waals surface area contributed by atoms with Crippen LogP contribution in [0.25, 0.3) is 0 Å². The molecule has 0 aliphatic carbocycles. The minimum Gasteiger partial charge on any atom is -0.497 e. The van der Waals surface area contributed by atoms with Gasteiger partial charge in [-0.15, -0.1) is 0 Å². The van der Waals surface area contributed by atoms with Gasteiger partial charge in [0.15, 0.2) is 5.78 Å². The van der Waals surface area contributed by atoms with Gasteiger partial charge < -0.3 is 24.8 Å². The zero-order chi connectivity index (χ0) is 26.3. The third-order valence-electron chi connectivity index (χ3n) is 5.95. The Hall–Kier alpha value is -3.75. The number of amides is 2. The number of piperidine rings is 1. The summed E-state index contributed by atoms with van der Waals surface area (Å²) in [6.45, 7) is 6.99. The highest BCUT2D eigenvalue weighted by Crippen LogP contribution is 2.27. The topological polar surface area (TPSA) is 120 Å². The summed E-state index contributed by atoms with van der Waals surface area (Å²) >= 11 is 0. The Morgan fingerprint density at radius 3 is 2.33 bits per heavy atom. The average Bonchev–Trinajstić information content (AvgIpc) is 2.84. The number of ether oxygens (including phenoxy) is 3. The summed E-state index contributed by atoms with van der Waals surface area (Å²) in [4.78, 5) is 39.5. The largest absolute Gasteiger partial charge is 0.497 e. The van der Waals surface area contributed by atoms with Crippen LogP contribution >= 0.6 is 0 Å². The van der Waals surface area contributed by atoms with Gasteiger partial charge in [0.05, 0.1) is 25.1 Å². The molecule has 1 fully saturated rings. The Bertz CT molecular complexity index is 1070. The maximum absolute atomic E-state index is 13.0. The SMILES string of the molecule is COc1ccc(C(=O)c2cccc(N)c2NC(=O)OCCC2CCN(C(=O)OC(C)(C)C)CC2)cc1. The number of rotatable bonds is 7. The molecule has 2 aromatic rings. The monoisotopic (exact) mass is 497 g/mol. The van der Waals surface area contributed by atoms with Crippen molar-refractivity contribution in [2.45, 2.75) is 45.6 Å². The van der Waals surface area contributed by atoms with E-state index in [2.05, 4.69) is 5.32 Å². The molecule has 194 valence electrons. The predicted octanol–water partition coefficient (Wildman–Crippen LogP) is 5.09. The molecule has 0 atom stereocenters. The van der Waals surface area contributed by atoms with E-state index in [0.29, 0.717) is 36.7 Å². The molecule has 1 heterocycles. The maximum atomic E-state index is 13.0. The van der Waals surface area contributed by atoms with Crippen molar-refractivity contribution in [2.24, 2.45) is 5.92 Å². The van der Waals surface area contributed by atoms with Crippen LogP contribution < -0.4 is 15.8 Å². The summed E-state index contributed by atoms with van der Waals surface area (Å²) in [5.74, 6) is 0.694. The quantitative estimate of drug-likeness (QED) is 0.404. The molecule has 0 unspecified atom stereocenters. The van der Waals surface area contributed by atoms with E-state index in [1.807, 2.05) is 20.8 Å². The van der Waals surface area contributed by atoms with Crippen molar-refractivity contribution in [1.29, 1.82) is 0 Å². The number of benzene rings is 2. The summed E-state index contributed by atoms with van der Waals surface area (Å²) in [6.07, 6.45) is 1.34. The highest BCUT2D eigenvalue weighted by Gasteiger charge is 2.27. The summed E-state index contributed by atoms with van der Waals surface area (Å²) in [7, 11) is 1.55. The lowest BCUT2D eigenvalue weighted by Crippen LogP contribution is -2.41. The third-order valence-corrected chi connectivity index (χ3v) is 5.95. The second-order valence-electron chi connectivity index (χ2n) is 9.79. The molecule has 36 heavy (non-hydrogen) atoms. The molecule has 2 amide bonds. The molecule has 9 nitrogen and oxygen atoms in total. The molecule has 2 aromatic carbocycles. The number of methoxy groups -OCH3 is 1. The van der Waals surface area contributed by atoms with Gasteiger partial charge in [-0.05, 0) is 82.3 Å². The Kier molecular flexibility index (Phi) is 8.79. The van der Waals surface area contributed by atoms with Gasteiger partial charge in [0, 0.05) is 24.2 Å². The number of nitrogens with two attached hydrogens (primary N) is 1. The van der Waals surface area contributed by atoms with E-state index in [-0.39, 0.29) is 35.4 Å². The number of nitrogens with zero attached hydrogens (tertiary/aromatic N) is 1. The summed E-state index contributed by atoms with van der Waals surface area (Å²) in [6, 6.07) is 11.6. The van der Waals surface area contributed by atoms with Gasteiger partial charge in [0.2, 0.25) is 0 Å². The molecule has 1 aliphatic heterocycles. The van der Waals surface area contributed by atoms with Gasteiger partial charge >= 0.3 is 12.2 Å².